The molecule has 3 nitrogen and oxygen atoms in total. The highest BCUT2D eigenvalue weighted by Crippen LogP contribution is 2.41. The Balaban J connectivity index is 1.21. The molecule has 4 heteroatoms. The van der Waals surface area contributed by atoms with Crippen molar-refractivity contribution in [2.75, 3.05) is 0 Å². The Morgan fingerprint density at radius 3 is 2.48 bits per heavy atom. The summed E-state index contributed by atoms with van der Waals surface area (Å²) in [6.07, 6.45) is 1.48. The van der Waals surface area contributed by atoms with E-state index < -0.39 is 24.2 Å². The molecule has 196 valence electrons. The fourth-order valence-electron chi connectivity index (χ4n) is 5.67. The van der Waals surface area contributed by atoms with Gasteiger partial charge in [0.25, 0.3) is 0 Å². The van der Waals surface area contributed by atoms with Crippen LogP contribution < -0.4 is 0 Å². The zero-order chi connectivity index (χ0) is 33.7. The molecule has 0 N–H and O–H groups in total. The number of thiophene rings is 1. The van der Waals surface area contributed by atoms with E-state index >= 15 is 0 Å². The molecule has 0 bridgehead atoms. The Morgan fingerprint density at radius 1 is 0.643 bits per heavy atom. The van der Waals surface area contributed by atoms with Gasteiger partial charge in [-0.3, -0.25) is 0 Å². The lowest BCUT2D eigenvalue weighted by Crippen LogP contribution is -1.88. The maximum atomic E-state index is 8.97. The number of benzene rings is 6. The van der Waals surface area contributed by atoms with Crippen molar-refractivity contribution in [2.24, 2.45) is 0 Å². The van der Waals surface area contributed by atoms with E-state index in [1.165, 1.54) is 26.5 Å². The predicted octanol–water partition coefficient (Wildman–Crippen LogP) is 10.9. The molecule has 9 rings (SSSR count). The van der Waals surface area contributed by atoms with Crippen molar-refractivity contribution >= 4 is 64.4 Å². The van der Waals surface area contributed by atoms with Crippen LogP contribution in [0.25, 0.3) is 86.5 Å². The molecule has 42 heavy (non-hydrogen) atoms. The van der Waals surface area contributed by atoms with Crippen LogP contribution in [0.4, 0.5) is 0 Å². The largest absolute Gasteiger partial charge is 0.452 e. The van der Waals surface area contributed by atoms with Crippen LogP contribution in [0.15, 0.2) is 138 Å². The van der Waals surface area contributed by atoms with Crippen molar-refractivity contribution in [3.8, 4) is 33.5 Å². The summed E-state index contributed by atoms with van der Waals surface area (Å²) in [6.45, 7) is 0. The average Bonchev–Trinajstić information content (AvgIpc) is 3.70. The zero-order valence-corrected chi connectivity index (χ0v) is 22.7. The second-order valence-corrected chi connectivity index (χ2v) is 11.1. The third-order valence-electron chi connectivity index (χ3n) is 7.64. The first-order valence-electron chi connectivity index (χ1n) is 16.9. The first kappa shape index (κ1) is 17.5. The van der Waals surface area contributed by atoms with Gasteiger partial charge < -0.3 is 4.42 Å². The molecule has 0 fully saturated rings. The van der Waals surface area contributed by atoms with Gasteiger partial charge >= 0.3 is 0 Å². The summed E-state index contributed by atoms with van der Waals surface area (Å²) in [6, 6.07) is 25.4. The first-order chi connectivity index (χ1) is 23.7. The second kappa shape index (κ2) is 9.10. The van der Waals surface area contributed by atoms with E-state index in [0.717, 1.165) is 16.7 Å². The number of nitrogens with zero attached hydrogens (tertiary/aromatic N) is 2. The molecule has 0 spiro atoms. The van der Waals surface area contributed by atoms with Gasteiger partial charge in [-0.15, -0.1) is 11.3 Å². The van der Waals surface area contributed by atoms with Gasteiger partial charge in [0, 0.05) is 31.1 Å². The van der Waals surface area contributed by atoms with Gasteiger partial charge in [-0.2, -0.15) is 0 Å². The minimum Gasteiger partial charge on any atom is -0.452 e. The highest BCUT2D eigenvalue weighted by molar-refractivity contribution is 7.26. The highest BCUT2D eigenvalue weighted by Gasteiger charge is 2.17. The van der Waals surface area contributed by atoms with Crippen molar-refractivity contribution in [3.05, 3.63) is 134 Å². The van der Waals surface area contributed by atoms with Crippen LogP contribution in [0.3, 0.4) is 0 Å². The van der Waals surface area contributed by atoms with E-state index in [1.54, 1.807) is 29.5 Å². The number of aromatic nitrogens is 2. The topological polar surface area (TPSA) is 38.9 Å². The molecule has 6 aromatic carbocycles. The number of hydrogen-bond acceptors (Lipinski definition) is 4. The standard InChI is InChI=1S/C38H22N2OS/c1-2-8-24-19-25(16-15-23(24)7-1)26-17-18-33-32(21-26)36-37(41-33)35(39-22-40-36)28-10-5-9-27(20-28)29-12-6-13-31-30-11-3-4-14-34(30)42-38(29)31/h1-22H/i1D,2D,7D,8D,15D,16D,19D. The minimum atomic E-state index is -0.498. The predicted molar refractivity (Wildman–Crippen MR) is 176 cm³/mol. The molecule has 0 aliphatic rings. The van der Waals surface area contributed by atoms with Crippen LogP contribution in [-0.2, 0) is 0 Å². The summed E-state index contributed by atoms with van der Waals surface area (Å²) in [7, 11) is 0. The lowest BCUT2D eigenvalue weighted by Gasteiger charge is -2.07. The third kappa shape index (κ3) is 3.59. The Kier molecular flexibility index (Phi) is 3.79. The molecule has 0 aliphatic carbocycles. The van der Waals surface area contributed by atoms with Crippen LogP contribution in [0.5, 0.6) is 0 Å². The second-order valence-electron chi connectivity index (χ2n) is 10.1. The molecular formula is C38H22N2OS. The summed E-state index contributed by atoms with van der Waals surface area (Å²) in [5.74, 6) is 0. The Hall–Kier alpha value is -5.32. The Bertz CT molecular complexity index is 2880. The van der Waals surface area contributed by atoms with Crippen LogP contribution in [0.2, 0.25) is 0 Å². The van der Waals surface area contributed by atoms with E-state index in [9.17, 15) is 0 Å². The summed E-state index contributed by atoms with van der Waals surface area (Å²) >= 11 is 1.78. The maximum Gasteiger partial charge on any atom is 0.180 e. The first-order valence-corrected chi connectivity index (χ1v) is 14.2. The summed E-state index contributed by atoms with van der Waals surface area (Å²) in [5, 5.41) is 2.86. The molecule has 3 heterocycles. The van der Waals surface area contributed by atoms with Crippen molar-refractivity contribution in [2.45, 2.75) is 0 Å². The zero-order valence-electron chi connectivity index (χ0n) is 28.9. The summed E-state index contributed by atoms with van der Waals surface area (Å²) in [4.78, 5) is 9.19. The molecule has 3 aromatic heterocycles. The third-order valence-corrected chi connectivity index (χ3v) is 8.86. The molecular weight excluding hydrogens is 532 g/mol. The van der Waals surface area contributed by atoms with Gasteiger partial charge in [0.15, 0.2) is 5.58 Å². The SMILES string of the molecule is [2H]c1c([2H])c([2H])c2c([2H])c(-c3ccc4oc5c(-c6cccc(-c7cccc8c7sc7ccccc78)c6)ncnc5c4c3)c([2H])c([2H])c2c1[2H]. The van der Waals surface area contributed by atoms with Crippen molar-refractivity contribution in [1.82, 2.24) is 9.97 Å². The van der Waals surface area contributed by atoms with E-state index in [1.807, 2.05) is 12.1 Å². The number of fused-ring (bicyclic) bond motifs is 7. The van der Waals surface area contributed by atoms with E-state index in [0.29, 0.717) is 33.3 Å². The molecule has 0 saturated carbocycles. The van der Waals surface area contributed by atoms with Gasteiger partial charge in [-0.05, 0) is 63.3 Å². The fourth-order valence-corrected chi connectivity index (χ4v) is 6.91. The molecule has 0 amide bonds. The summed E-state index contributed by atoms with van der Waals surface area (Å²) < 4.78 is 68.2. The van der Waals surface area contributed by atoms with E-state index in [-0.39, 0.29) is 34.5 Å². The van der Waals surface area contributed by atoms with Crippen LogP contribution in [0, 0.1) is 0 Å². The fraction of sp³-hybridized carbons (Fsp3) is 0. The van der Waals surface area contributed by atoms with E-state index in [4.69, 9.17) is 14.0 Å². The van der Waals surface area contributed by atoms with Gasteiger partial charge in [0.2, 0.25) is 0 Å². The lowest BCUT2D eigenvalue weighted by atomic mass is 9.99. The van der Waals surface area contributed by atoms with Gasteiger partial charge in [-0.1, -0.05) is 96.9 Å². The molecule has 0 unspecified atom stereocenters. The molecule has 0 saturated heterocycles. The van der Waals surface area contributed by atoms with Gasteiger partial charge in [0.1, 0.15) is 23.1 Å². The van der Waals surface area contributed by atoms with Crippen LogP contribution >= 0.6 is 11.3 Å². The van der Waals surface area contributed by atoms with Crippen LogP contribution in [-0.4, -0.2) is 9.97 Å². The van der Waals surface area contributed by atoms with Crippen molar-refractivity contribution in [3.63, 3.8) is 0 Å². The number of furan rings is 1. The van der Waals surface area contributed by atoms with Gasteiger partial charge in [0.05, 0.1) is 9.60 Å². The van der Waals surface area contributed by atoms with Gasteiger partial charge in [-0.25, -0.2) is 9.97 Å². The molecule has 9 aromatic rings. The quantitative estimate of drug-likeness (QED) is 0.215. The minimum absolute atomic E-state index is 0.0880. The monoisotopic (exact) mass is 561 g/mol. The summed E-state index contributed by atoms with van der Waals surface area (Å²) in [5.41, 5.74) is 5.74. The number of rotatable bonds is 3. The smallest absolute Gasteiger partial charge is 0.180 e. The van der Waals surface area contributed by atoms with Crippen molar-refractivity contribution in [1.29, 1.82) is 0 Å². The van der Waals surface area contributed by atoms with Crippen molar-refractivity contribution < 1.29 is 14.0 Å². The molecule has 0 atom stereocenters. The Labute approximate surface area is 255 Å². The van der Waals surface area contributed by atoms with Crippen LogP contribution in [0.1, 0.15) is 9.60 Å². The normalized spacial score (nSPS) is 14.1. The lowest BCUT2D eigenvalue weighted by molar-refractivity contribution is 0.667. The highest BCUT2D eigenvalue weighted by atomic mass is 32.1. The number of hydrogen-bond donors (Lipinski definition) is 0. The maximum absolute atomic E-state index is 8.97. The Morgan fingerprint density at radius 2 is 1.50 bits per heavy atom. The average molecular weight is 562 g/mol. The van der Waals surface area contributed by atoms with E-state index in [2.05, 4.69) is 64.6 Å². The molecule has 0 radical (unpaired) electrons. The molecule has 0 aliphatic heterocycles.